The zero-order valence-corrected chi connectivity index (χ0v) is 11.8. The van der Waals surface area contributed by atoms with E-state index in [1.54, 1.807) is 24.4 Å². The summed E-state index contributed by atoms with van der Waals surface area (Å²) >= 11 is 5.94. The molecule has 3 rings (SSSR count). The van der Waals surface area contributed by atoms with Crippen LogP contribution < -0.4 is 4.74 Å². The van der Waals surface area contributed by atoms with E-state index in [0.717, 1.165) is 16.5 Å². The summed E-state index contributed by atoms with van der Waals surface area (Å²) in [5.41, 5.74) is 2.43. The molecule has 4 heteroatoms. The third-order valence-corrected chi connectivity index (χ3v) is 3.36. The Kier molecular flexibility index (Phi) is 3.72. The average molecular weight is 295 g/mol. The SMILES string of the molecule is N#Cc1ccc(Cl)cc1OCc1ccc2ncccc2c1. The van der Waals surface area contributed by atoms with Gasteiger partial charge in [-0.2, -0.15) is 5.26 Å². The number of benzene rings is 2. The Balaban J connectivity index is 1.83. The molecule has 21 heavy (non-hydrogen) atoms. The number of nitriles is 1. The topological polar surface area (TPSA) is 45.9 Å². The lowest BCUT2D eigenvalue weighted by Gasteiger charge is -2.09. The van der Waals surface area contributed by atoms with Gasteiger partial charge in [0.1, 0.15) is 18.4 Å². The van der Waals surface area contributed by atoms with Gasteiger partial charge in [0.15, 0.2) is 0 Å². The molecule has 3 aromatic rings. The van der Waals surface area contributed by atoms with Gasteiger partial charge in [0.05, 0.1) is 11.1 Å². The fourth-order valence-electron chi connectivity index (χ4n) is 2.08. The second-order valence-electron chi connectivity index (χ2n) is 4.57. The number of hydrogen-bond acceptors (Lipinski definition) is 3. The summed E-state index contributed by atoms with van der Waals surface area (Å²) in [5.74, 6) is 0.497. The second-order valence-corrected chi connectivity index (χ2v) is 5.01. The minimum Gasteiger partial charge on any atom is -0.487 e. The van der Waals surface area contributed by atoms with Crippen LogP contribution in [0.15, 0.2) is 54.7 Å². The monoisotopic (exact) mass is 294 g/mol. The molecule has 0 saturated carbocycles. The predicted molar refractivity (Wildman–Crippen MR) is 82.2 cm³/mol. The van der Waals surface area contributed by atoms with Crippen LogP contribution in [0.1, 0.15) is 11.1 Å². The van der Waals surface area contributed by atoms with Crippen LogP contribution in [0, 0.1) is 11.3 Å². The van der Waals surface area contributed by atoms with Gasteiger partial charge >= 0.3 is 0 Å². The van der Waals surface area contributed by atoms with Crippen molar-refractivity contribution in [1.82, 2.24) is 4.98 Å². The molecule has 0 N–H and O–H groups in total. The fourth-order valence-corrected chi connectivity index (χ4v) is 2.25. The molecule has 0 aliphatic rings. The molecule has 0 unspecified atom stereocenters. The quantitative estimate of drug-likeness (QED) is 0.722. The average Bonchev–Trinajstić information content (AvgIpc) is 2.53. The molecule has 2 aromatic carbocycles. The number of hydrogen-bond donors (Lipinski definition) is 0. The molecule has 102 valence electrons. The lowest BCUT2D eigenvalue weighted by molar-refractivity contribution is 0.305. The third-order valence-electron chi connectivity index (χ3n) is 3.13. The first-order chi connectivity index (χ1) is 10.3. The van der Waals surface area contributed by atoms with Crippen molar-refractivity contribution in [2.45, 2.75) is 6.61 Å². The molecule has 1 aromatic heterocycles. The molecule has 0 fully saturated rings. The zero-order chi connectivity index (χ0) is 14.7. The molecule has 0 spiro atoms. The van der Waals surface area contributed by atoms with Gasteiger partial charge in [0.25, 0.3) is 0 Å². The molecular formula is C17H11ClN2O. The predicted octanol–water partition coefficient (Wildman–Crippen LogP) is 4.34. The summed E-state index contributed by atoms with van der Waals surface area (Å²) < 4.78 is 5.72. The van der Waals surface area contributed by atoms with Gasteiger partial charge in [-0.15, -0.1) is 0 Å². The van der Waals surface area contributed by atoms with E-state index in [2.05, 4.69) is 11.1 Å². The Labute approximate surface area is 127 Å². The van der Waals surface area contributed by atoms with Gasteiger partial charge in [-0.05, 0) is 35.9 Å². The lowest BCUT2D eigenvalue weighted by Crippen LogP contribution is -1.97. The third kappa shape index (κ3) is 2.96. The number of nitrogens with zero attached hydrogens (tertiary/aromatic N) is 2. The second kappa shape index (κ2) is 5.82. The number of halogens is 1. The van der Waals surface area contributed by atoms with E-state index >= 15 is 0 Å². The molecule has 0 aliphatic heterocycles. The van der Waals surface area contributed by atoms with Crippen LogP contribution in [0.4, 0.5) is 0 Å². The highest BCUT2D eigenvalue weighted by atomic mass is 35.5. The van der Waals surface area contributed by atoms with Crippen molar-refractivity contribution in [3.05, 3.63) is 70.9 Å². The molecule has 0 aliphatic carbocycles. The van der Waals surface area contributed by atoms with Crippen LogP contribution in [0.3, 0.4) is 0 Å². The van der Waals surface area contributed by atoms with Crippen molar-refractivity contribution >= 4 is 22.5 Å². The number of ether oxygens (including phenoxy) is 1. The summed E-state index contributed by atoms with van der Waals surface area (Å²) in [7, 11) is 0. The first-order valence-corrected chi connectivity index (χ1v) is 6.80. The van der Waals surface area contributed by atoms with E-state index in [9.17, 15) is 0 Å². The van der Waals surface area contributed by atoms with Gasteiger partial charge in [-0.3, -0.25) is 4.98 Å². The minimum atomic E-state index is 0.375. The Morgan fingerprint density at radius 2 is 2.05 bits per heavy atom. The maximum atomic E-state index is 9.07. The van der Waals surface area contributed by atoms with E-state index in [1.165, 1.54) is 0 Å². The fraction of sp³-hybridized carbons (Fsp3) is 0.0588. The van der Waals surface area contributed by atoms with Crippen LogP contribution in [-0.4, -0.2) is 4.98 Å². The maximum absolute atomic E-state index is 9.07. The Morgan fingerprint density at radius 3 is 2.90 bits per heavy atom. The molecular weight excluding hydrogens is 284 g/mol. The highest BCUT2D eigenvalue weighted by molar-refractivity contribution is 6.30. The van der Waals surface area contributed by atoms with Gasteiger partial charge in [0.2, 0.25) is 0 Å². The zero-order valence-electron chi connectivity index (χ0n) is 11.1. The van der Waals surface area contributed by atoms with Crippen molar-refractivity contribution in [3.8, 4) is 11.8 Å². The molecule has 0 amide bonds. The highest BCUT2D eigenvalue weighted by Gasteiger charge is 2.05. The summed E-state index contributed by atoms with van der Waals surface area (Å²) in [6, 6.07) is 16.9. The normalized spacial score (nSPS) is 10.3. The van der Waals surface area contributed by atoms with Crippen LogP contribution >= 0.6 is 11.6 Å². The largest absolute Gasteiger partial charge is 0.487 e. The van der Waals surface area contributed by atoms with Crippen molar-refractivity contribution in [2.75, 3.05) is 0 Å². The first kappa shape index (κ1) is 13.4. The van der Waals surface area contributed by atoms with Gasteiger partial charge in [-0.25, -0.2) is 0 Å². The maximum Gasteiger partial charge on any atom is 0.139 e. The van der Waals surface area contributed by atoms with E-state index in [0.29, 0.717) is 22.9 Å². The molecule has 0 radical (unpaired) electrons. The number of pyridine rings is 1. The van der Waals surface area contributed by atoms with E-state index in [1.807, 2.05) is 30.3 Å². The molecule has 0 saturated heterocycles. The van der Waals surface area contributed by atoms with Crippen LogP contribution in [0.5, 0.6) is 5.75 Å². The van der Waals surface area contributed by atoms with Crippen molar-refractivity contribution < 1.29 is 4.74 Å². The van der Waals surface area contributed by atoms with E-state index in [4.69, 9.17) is 21.6 Å². The van der Waals surface area contributed by atoms with Crippen molar-refractivity contribution in [2.24, 2.45) is 0 Å². The number of aromatic nitrogens is 1. The summed E-state index contributed by atoms with van der Waals surface area (Å²) in [5, 5.41) is 10.7. The van der Waals surface area contributed by atoms with E-state index in [-0.39, 0.29) is 0 Å². The summed E-state index contributed by atoms with van der Waals surface area (Å²) in [4.78, 5) is 4.28. The van der Waals surface area contributed by atoms with Crippen LogP contribution in [0.25, 0.3) is 10.9 Å². The van der Waals surface area contributed by atoms with Crippen molar-refractivity contribution in [1.29, 1.82) is 5.26 Å². The standard InChI is InChI=1S/C17H11ClN2O/c18-15-5-4-14(10-19)17(9-15)21-11-12-3-6-16-13(8-12)2-1-7-20-16/h1-9H,11H2. The Morgan fingerprint density at radius 1 is 1.14 bits per heavy atom. The molecule has 3 nitrogen and oxygen atoms in total. The molecule has 0 atom stereocenters. The molecule has 1 heterocycles. The first-order valence-electron chi connectivity index (χ1n) is 6.42. The smallest absolute Gasteiger partial charge is 0.139 e. The minimum absolute atomic E-state index is 0.375. The number of fused-ring (bicyclic) bond motifs is 1. The lowest BCUT2D eigenvalue weighted by atomic mass is 10.1. The van der Waals surface area contributed by atoms with Gasteiger partial charge in [-0.1, -0.05) is 23.7 Å². The Bertz CT molecular complexity index is 840. The highest BCUT2D eigenvalue weighted by Crippen LogP contribution is 2.24. The van der Waals surface area contributed by atoms with E-state index < -0.39 is 0 Å². The molecule has 0 bridgehead atoms. The number of rotatable bonds is 3. The van der Waals surface area contributed by atoms with Crippen LogP contribution in [0.2, 0.25) is 5.02 Å². The Hall–Kier alpha value is -2.57. The van der Waals surface area contributed by atoms with Gasteiger partial charge < -0.3 is 4.74 Å². The summed E-state index contributed by atoms with van der Waals surface area (Å²) in [6.45, 7) is 0.375. The van der Waals surface area contributed by atoms with Crippen LogP contribution in [-0.2, 0) is 6.61 Å². The van der Waals surface area contributed by atoms with Gasteiger partial charge in [0, 0.05) is 22.7 Å². The summed E-state index contributed by atoms with van der Waals surface area (Å²) in [6.07, 6.45) is 1.77. The van der Waals surface area contributed by atoms with Crippen molar-refractivity contribution in [3.63, 3.8) is 0 Å².